The van der Waals surface area contributed by atoms with Crippen molar-refractivity contribution in [3.05, 3.63) is 94.1 Å². The molecule has 2 aromatic carbocycles. The Hall–Kier alpha value is -3.71. The van der Waals surface area contributed by atoms with E-state index in [0.29, 0.717) is 40.1 Å². The molecule has 8 heteroatoms. The van der Waals surface area contributed by atoms with Gasteiger partial charge in [0, 0.05) is 17.1 Å². The number of fused-ring (bicyclic) bond motifs is 2. The van der Waals surface area contributed by atoms with Crippen molar-refractivity contribution in [2.45, 2.75) is 39.0 Å². The molecule has 0 bridgehead atoms. The van der Waals surface area contributed by atoms with Gasteiger partial charge in [0.25, 0.3) is 6.29 Å². The molecule has 1 aliphatic heterocycles. The van der Waals surface area contributed by atoms with Gasteiger partial charge >= 0.3 is 0 Å². The highest BCUT2D eigenvalue weighted by Gasteiger charge is 2.34. The molecule has 0 amide bonds. The monoisotopic (exact) mass is 520 g/mol. The molecule has 5 rings (SSSR count). The van der Waals surface area contributed by atoms with Crippen LogP contribution in [0.5, 0.6) is 17.2 Å². The summed E-state index contributed by atoms with van der Waals surface area (Å²) in [7, 11) is 1.54. The van der Waals surface area contributed by atoms with Gasteiger partial charge in [0.1, 0.15) is 5.75 Å². The Labute approximate surface area is 221 Å². The Bertz CT molecular complexity index is 1330. The van der Waals surface area contributed by atoms with Crippen LogP contribution in [0, 0.1) is 17.0 Å². The number of methoxy groups -OCH3 is 1. The van der Waals surface area contributed by atoms with Crippen molar-refractivity contribution >= 4 is 23.6 Å². The van der Waals surface area contributed by atoms with Crippen molar-refractivity contribution in [3.8, 4) is 17.2 Å². The summed E-state index contributed by atoms with van der Waals surface area (Å²) >= 11 is 6.05. The summed E-state index contributed by atoms with van der Waals surface area (Å²) in [6.45, 7) is 2.41. The Morgan fingerprint density at radius 2 is 1.89 bits per heavy atom. The van der Waals surface area contributed by atoms with Gasteiger partial charge in [0.05, 0.1) is 25.1 Å². The Morgan fingerprint density at radius 1 is 1.14 bits per heavy atom. The summed E-state index contributed by atoms with van der Waals surface area (Å²) in [5.41, 5.74) is 1.98. The number of hydrogen-bond donors (Lipinski definition) is 0. The molecule has 0 radical (unpaired) electrons. The first-order chi connectivity index (χ1) is 17.9. The maximum atomic E-state index is 13.3. The van der Waals surface area contributed by atoms with Gasteiger partial charge in [-0.15, -0.1) is 0 Å². The molecule has 192 valence electrons. The normalized spacial score (nSPS) is 18.3. The molecule has 3 atom stereocenters. The van der Waals surface area contributed by atoms with Gasteiger partial charge in [-0.25, -0.2) is 0 Å². The van der Waals surface area contributed by atoms with Crippen molar-refractivity contribution in [1.29, 1.82) is 0 Å². The number of ketones is 1. The molecule has 3 aromatic rings. The lowest BCUT2D eigenvalue weighted by molar-refractivity contribution is -0.406. The van der Waals surface area contributed by atoms with Gasteiger partial charge in [-0.2, -0.15) is 4.74 Å². The van der Waals surface area contributed by atoms with Crippen LogP contribution < -0.4 is 14.2 Å². The van der Waals surface area contributed by atoms with Gasteiger partial charge in [0.2, 0.25) is 6.21 Å². The fourth-order valence-corrected chi connectivity index (χ4v) is 5.02. The lowest BCUT2D eigenvalue weighted by Gasteiger charge is -2.25. The number of nitrogens with zero attached hydrogens (tertiary/aromatic N) is 2. The van der Waals surface area contributed by atoms with Crippen molar-refractivity contribution in [2.24, 2.45) is 11.8 Å². The van der Waals surface area contributed by atoms with E-state index in [1.165, 1.54) is 13.3 Å². The lowest BCUT2D eigenvalue weighted by atomic mass is 9.92. The second kappa shape index (κ2) is 10.7. The van der Waals surface area contributed by atoms with Crippen LogP contribution in [0.2, 0.25) is 5.02 Å². The molecular formula is C29H29ClN2O5. The van der Waals surface area contributed by atoms with E-state index in [9.17, 15) is 10.0 Å². The molecule has 2 heterocycles. The van der Waals surface area contributed by atoms with E-state index in [4.69, 9.17) is 25.8 Å². The molecule has 0 saturated heterocycles. The van der Waals surface area contributed by atoms with Gasteiger partial charge in [0.15, 0.2) is 28.7 Å². The zero-order chi connectivity index (χ0) is 25.9. The number of carbonyl (C=O) groups is 1. The molecule has 2 unspecified atom stereocenters. The van der Waals surface area contributed by atoms with E-state index in [-0.39, 0.29) is 11.7 Å². The highest BCUT2D eigenvalue weighted by molar-refractivity contribution is 6.30. The number of Topliss-reactive ketones (excluding diaryl/α,β-unsaturated/α-hetero) is 1. The van der Waals surface area contributed by atoms with E-state index >= 15 is 0 Å². The van der Waals surface area contributed by atoms with Crippen molar-refractivity contribution in [1.82, 2.24) is 4.57 Å². The van der Waals surface area contributed by atoms with Crippen LogP contribution in [0.25, 0.3) is 0 Å². The van der Waals surface area contributed by atoms with Crippen LogP contribution in [-0.2, 0) is 6.54 Å². The first kappa shape index (κ1) is 25.0. The summed E-state index contributed by atoms with van der Waals surface area (Å²) < 4.78 is 21.2. The first-order valence-corrected chi connectivity index (χ1v) is 12.8. The van der Waals surface area contributed by atoms with Gasteiger partial charge < -0.3 is 24.0 Å². The van der Waals surface area contributed by atoms with E-state index in [0.717, 1.165) is 29.7 Å². The zero-order valence-electron chi connectivity index (χ0n) is 20.8. The second-order valence-corrected chi connectivity index (χ2v) is 9.79. The number of ether oxygens (including phenoxy) is 3. The quantitative estimate of drug-likeness (QED) is 0.156. The van der Waals surface area contributed by atoms with Crippen LogP contribution in [0.3, 0.4) is 0 Å². The molecule has 1 aliphatic carbocycles. The Morgan fingerprint density at radius 3 is 2.62 bits per heavy atom. The standard InChI is InChI=1S/C29H29ClN2O5/c1-19(27(33)20-8-4-3-5-9-20)29(36-23-14-12-22(30)13-15-23)37-26-18-31-16-21-10-6-7-11-24(21)32(34)17-25(31)28(26)35-2/h3-5,8-9,11-15,17-19,21,29H,6-7,10,16H2,1-2H3/t19?,21-,29?/m0/s1. The molecule has 0 spiro atoms. The van der Waals surface area contributed by atoms with Crippen molar-refractivity contribution < 1.29 is 23.7 Å². The first-order valence-electron chi connectivity index (χ1n) is 12.4. The molecule has 0 N–H and O–H groups in total. The number of hydrogen-bond acceptors (Lipinski definition) is 5. The van der Waals surface area contributed by atoms with Crippen LogP contribution in [0.15, 0.2) is 72.6 Å². The lowest BCUT2D eigenvalue weighted by Crippen LogP contribution is -2.36. The fourth-order valence-electron chi connectivity index (χ4n) is 4.90. The van der Waals surface area contributed by atoms with Crippen molar-refractivity contribution in [2.75, 3.05) is 7.11 Å². The average molecular weight is 521 g/mol. The number of rotatable bonds is 8. The molecule has 37 heavy (non-hydrogen) atoms. The molecule has 0 saturated carbocycles. The second-order valence-electron chi connectivity index (χ2n) is 9.35. The number of halogens is 1. The largest absolute Gasteiger partial charge is 0.618 e. The third kappa shape index (κ3) is 5.23. The van der Waals surface area contributed by atoms with E-state index in [1.807, 2.05) is 35.0 Å². The molecule has 1 aromatic heterocycles. The minimum Gasteiger partial charge on any atom is -0.618 e. The van der Waals surface area contributed by atoms with Crippen LogP contribution in [-0.4, -0.2) is 34.7 Å². The summed E-state index contributed by atoms with van der Waals surface area (Å²) in [4.78, 5) is 13.3. The smallest absolute Gasteiger partial charge is 0.251 e. The van der Waals surface area contributed by atoms with E-state index < -0.39 is 12.2 Å². The van der Waals surface area contributed by atoms with Crippen LogP contribution in [0.1, 0.15) is 42.2 Å². The molecule has 2 aliphatic rings. The number of carbonyl (C=O) groups excluding carboxylic acids is 1. The Kier molecular flexibility index (Phi) is 7.24. The fraction of sp³-hybridized carbons (Fsp3) is 0.310. The third-order valence-electron chi connectivity index (χ3n) is 6.87. The van der Waals surface area contributed by atoms with Crippen LogP contribution >= 0.6 is 11.6 Å². The van der Waals surface area contributed by atoms with Crippen molar-refractivity contribution in [3.63, 3.8) is 0 Å². The number of hydroxylamine groups is 1. The topological polar surface area (TPSA) is 75.8 Å². The average Bonchev–Trinajstić information content (AvgIpc) is 3.16. The maximum absolute atomic E-state index is 13.3. The SMILES string of the molecule is COc1c(OC(Oc2ccc(Cl)cc2)C(C)C(=O)c2ccccc2)cn2c1C=[N+]([O-])C1=CCCC[C@H]1C2. The zero-order valence-corrected chi connectivity index (χ0v) is 21.6. The highest BCUT2D eigenvalue weighted by atomic mass is 35.5. The van der Waals surface area contributed by atoms with E-state index in [2.05, 4.69) is 0 Å². The van der Waals surface area contributed by atoms with Crippen LogP contribution in [0.4, 0.5) is 0 Å². The predicted molar refractivity (Wildman–Crippen MR) is 142 cm³/mol. The summed E-state index contributed by atoms with van der Waals surface area (Å²) in [6, 6.07) is 15.9. The van der Waals surface area contributed by atoms with Gasteiger partial charge in [-0.3, -0.25) is 4.79 Å². The Balaban J connectivity index is 1.49. The van der Waals surface area contributed by atoms with E-state index in [1.54, 1.807) is 43.3 Å². The van der Waals surface area contributed by atoms with Gasteiger partial charge in [-0.05, 0) is 56.5 Å². The molecular weight excluding hydrogens is 492 g/mol. The summed E-state index contributed by atoms with van der Waals surface area (Å²) in [5, 5.41) is 13.5. The number of benzene rings is 2. The third-order valence-corrected chi connectivity index (χ3v) is 7.12. The maximum Gasteiger partial charge on any atom is 0.251 e. The highest BCUT2D eigenvalue weighted by Crippen LogP contribution is 2.38. The minimum absolute atomic E-state index is 0.117. The summed E-state index contributed by atoms with van der Waals surface area (Å²) in [6.07, 6.45) is 7.33. The van der Waals surface area contributed by atoms with Gasteiger partial charge in [-0.1, -0.05) is 41.9 Å². The molecule has 0 fully saturated rings. The number of aromatic nitrogens is 1. The number of allylic oxidation sites excluding steroid dienone is 2. The summed E-state index contributed by atoms with van der Waals surface area (Å²) in [5.74, 6) is 0.676. The minimum atomic E-state index is -0.970. The predicted octanol–water partition coefficient (Wildman–Crippen LogP) is 6.08. The molecule has 7 nitrogen and oxygen atoms in total.